The molecule has 3 N–H and O–H groups in total. The van der Waals surface area contributed by atoms with Gasteiger partial charge in [-0.3, -0.25) is 14.3 Å². The Morgan fingerprint density at radius 3 is 2.57 bits per heavy atom. The Balaban J connectivity index is 1.88. The first-order valence-corrected chi connectivity index (χ1v) is 10.0. The largest absolute Gasteiger partial charge is 0.460 e. The molecule has 1 aromatic heterocycles. The average molecular weight is 409 g/mol. The number of amides is 1. The van der Waals surface area contributed by atoms with E-state index in [0.29, 0.717) is 25.1 Å². The first kappa shape index (κ1) is 21.4. The number of nitriles is 1. The van der Waals surface area contributed by atoms with E-state index in [1.54, 1.807) is 10.9 Å². The van der Waals surface area contributed by atoms with Gasteiger partial charge in [0, 0.05) is 11.9 Å². The van der Waals surface area contributed by atoms with Crippen molar-refractivity contribution >= 4 is 23.4 Å². The van der Waals surface area contributed by atoms with Gasteiger partial charge in [-0.05, 0) is 52.2 Å². The number of primary amides is 1. The van der Waals surface area contributed by atoms with Crippen LogP contribution in [0.3, 0.4) is 0 Å². The van der Waals surface area contributed by atoms with Crippen LogP contribution in [0.1, 0.15) is 56.4 Å². The Hall–Kier alpha value is -3.34. The molecule has 2 aromatic rings. The summed E-state index contributed by atoms with van der Waals surface area (Å²) in [6.07, 6.45) is 3.11. The van der Waals surface area contributed by atoms with Crippen molar-refractivity contribution in [3.63, 3.8) is 0 Å². The summed E-state index contributed by atoms with van der Waals surface area (Å²) in [6, 6.07) is 11.3. The fraction of sp³-hybridized carbons (Fsp3) is 0.455. The Morgan fingerprint density at radius 2 is 1.97 bits per heavy atom. The molecule has 0 radical (unpaired) electrons. The number of aromatic nitrogens is 2. The fourth-order valence-electron chi connectivity index (χ4n) is 3.68. The molecule has 8 nitrogen and oxygen atoms in total. The lowest BCUT2D eigenvalue weighted by atomic mass is 9.79. The van der Waals surface area contributed by atoms with Crippen molar-refractivity contribution in [3.8, 4) is 6.07 Å². The molecule has 8 heteroatoms. The van der Waals surface area contributed by atoms with Crippen molar-refractivity contribution in [2.24, 2.45) is 17.6 Å². The van der Waals surface area contributed by atoms with Crippen LogP contribution >= 0.6 is 0 Å². The highest BCUT2D eigenvalue weighted by atomic mass is 16.6. The molecule has 1 saturated carbocycles. The minimum Gasteiger partial charge on any atom is -0.460 e. The zero-order valence-electron chi connectivity index (χ0n) is 17.5. The molecule has 2 unspecified atom stereocenters. The summed E-state index contributed by atoms with van der Waals surface area (Å²) in [5.74, 6) is -1.22. The second-order valence-corrected chi connectivity index (χ2v) is 8.57. The third-order valence-corrected chi connectivity index (χ3v) is 5.10. The summed E-state index contributed by atoms with van der Waals surface area (Å²) in [4.78, 5) is 24.6. The fourth-order valence-corrected chi connectivity index (χ4v) is 3.68. The molecular weight excluding hydrogens is 382 g/mol. The van der Waals surface area contributed by atoms with Gasteiger partial charge in [0.25, 0.3) is 5.91 Å². The summed E-state index contributed by atoms with van der Waals surface area (Å²) >= 11 is 0. The predicted octanol–water partition coefficient (Wildman–Crippen LogP) is 3.55. The topological polar surface area (TPSA) is 123 Å². The van der Waals surface area contributed by atoms with E-state index in [0.717, 1.165) is 5.69 Å². The summed E-state index contributed by atoms with van der Waals surface area (Å²) in [7, 11) is 0. The molecule has 1 heterocycles. The monoisotopic (exact) mass is 409 g/mol. The summed E-state index contributed by atoms with van der Waals surface area (Å²) in [5, 5.41) is 17.3. The van der Waals surface area contributed by atoms with Crippen LogP contribution in [-0.4, -0.2) is 27.3 Å². The van der Waals surface area contributed by atoms with E-state index in [1.165, 1.54) is 0 Å². The molecule has 0 aliphatic heterocycles. The van der Waals surface area contributed by atoms with E-state index < -0.39 is 11.5 Å². The van der Waals surface area contributed by atoms with Crippen LogP contribution in [0.2, 0.25) is 0 Å². The number of nitrogens with zero attached hydrogens (tertiary/aromatic N) is 3. The van der Waals surface area contributed by atoms with Gasteiger partial charge in [-0.2, -0.15) is 10.4 Å². The molecule has 1 fully saturated rings. The zero-order valence-corrected chi connectivity index (χ0v) is 17.5. The van der Waals surface area contributed by atoms with Crippen molar-refractivity contribution in [2.75, 3.05) is 5.32 Å². The van der Waals surface area contributed by atoms with Crippen LogP contribution in [-0.2, 0) is 9.53 Å². The smallest absolute Gasteiger partial charge is 0.309 e. The quantitative estimate of drug-likeness (QED) is 0.728. The number of benzene rings is 1. The van der Waals surface area contributed by atoms with Crippen molar-refractivity contribution in [3.05, 3.63) is 42.1 Å². The van der Waals surface area contributed by atoms with Crippen molar-refractivity contribution < 1.29 is 14.3 Å². The van der Waals surface area contributed by atoms with Crippen LogP contribution < -0.4 is 11.1 Å². The second kappa shape index (κ2) is 8.57. The summed E-state index contributed by atoms with van der Waals surface area (Å²) in [5.41, 5.74) is 5.97. The molecule has 1 aliphatic rings. The van der Waals surface area contributed by atoms with Gasteiger partial charge in [0.2, 0.25) is 0 Å². The number of hydrogen-bond donors (Lipinski definition) is 2. The highest BCUT2D eigenvalue weighted by Gasteiger charge is 2.38. The molecule has 1 aromatic carbocycles. The Bertz CT molecular complexity index is 955. The van der Waals surface area contributed by atoms with Crippen molar-refractivity contribution in [2.45, 2.75) is 51.7 Å². The van der Waals surface area contributed by atoms with Gasteiger partial charge in [-0.15, -0.1) is 0 Å². The van der Waals surface area contributed by atoms with Crippen LogP contribution in [0, 0.1) is 23.2 Å². The molecule has 0 saturated heterocycles. The van der Waals surface area contributed by atoms with Crippen LogP contribution in [0.25, 0.3) is 0 Å². The molecule has 3 atom stereocenters. The number of anilines is 2. The van der Waals surface area contributed by atoms with E-state index in [9.17, 15) is 14.9 Å². The number of para-hydroxylation sites is 1. The average Bonchev–Trinajstić information content (AvgIpc) is 3.11. The van der Waals surface area contributed by atoms with Gasteiger partial charge >= 0.3 is 5.97 Å². The maximum absolute atomic E-state index is 12.6. The lowest BCUT2D eigenvalue weighted by Gasteiger charge is -2.33. The first-order chi connectivity index (χ1) is 14.2. The number of ether oxygens (including phenoxy) is 1. The van der Waals surface area contributed by atoms with Gasteiger partial charge in [-0.25, -0.2) is 0 Å². The summed E-state index contributed by atoms with van der Waals surface area (Å²) in [6.45, 7) is 5.49. The van der Waals surface area contributed by atoms with Gasteiger partial charge in [0.15, 0.2) is 5.82 Å². The van der Waals surface area contributed by atoms with E-state index >= 15 is 0 Å². The minimum absolute atomic E-state index is 0.231. The number of carbonyl (C=O) groups is 2. The van der Waals surface area contributed by atoms with Crippen LogP contribution in [0.5, 0.6) is 0 Å². The maximum atomic E-state index is 12.6. The molecule has 3 rings (SSSR count). The van der Waals surface area contributed by atoms with Gasteiger partial charge in [0.1, 0.15) is 11.2 Å². The standard InChI is InChI=1S/C22H27N5O3/c1-22(2,3)30-21(29)14-9-10-15(12-23)18(11-14)27-13-17(19(24)28)20(26-27)25-16-7-5-4-6-8-16/h4-8,13-15,18H,9-11H2,1-3H3,(H2,24,28)(H,25,26)/t14?,15-,18?/m0/s1. The highest BCUT2D eigenvalue weighted by molar-refractivity contribution is 5.98. The van der Waals surface area contributed by atoms with Crippen molar-refractivity contribution in [1.29, 1.82) is 5.26 Å². The third kappa shape index (κ3) is 4.98. The minimum atomic E-state index is -0.618. The first-order valence-electron chi connectivity index (χ1n) is 10.0. The molecular formula is C22H27N5O3. The van der Waals surface area contributed by atoms with E-state index in [-0.39, 0.29) is 29.4 Å². The van der Waals surface area contributed by atoms with E-state index in [1.807, 2.05) is 51.1 Å². The molecule has 30 heavy (non-hydrogen) atoms. The Morgan fingerprint density at radius 1 is 1.27 bits per heavy atom. The summed E-state index contributed by atoms with van der Waals surface area (Å²) < 4.78 is 7.13. The normalized spacial score (nSPS) is 21.5. The number of hydrogen-bond acceptors (Lipinski definition) is 6. The van der Waals surface area contributed by atoms with Gasteiger partial charge in [0.05, 0.1) is 23.9 Å². The van der Waals surface area contributed by atoms with Crippen LogP contribution in [0.15, 0.2) is 36.5 Å². The number of nitrogens with one attached hydrogen (secondary N) is 1. The molecule has 1 amide bonds. The number of carbonyl (C=O) groups excluding carboxylic acids is 2. The second-order valence-electron chi connectivity index (χ2n) is 8.57. The lowest BCUT2D eigenvalue weighted by molar-refractivity contribution is -0.161. The maximum Gasteiger partial charge on any atom is 0.309 e. The Labute approximate surface area is 176 Å². The third-order valence-electron chi connectivity index (χ3n) is 5.10. The predicted molar refractivity (Wildman–Crippen MR) is 112 cm³/mol. The molecule has 0 spiro atoms. The Kier molecular flexibility index (Phi) is 6.11. The van der Waals surface area contributed by atoms with E-state index in [2.05, 4.69) is 16.5 Å². The molecule has 158 valence electrons. The number of esters is 1. The van der Waals surface area contributed by atoms with Crippen molar-refractivity contribution in [1.82, 2.24) is 9.78 Å². The lowest BCUT2D eigenvalue weighted by Crippen LogP contribution is -2.35. The SMILES string of the molecule is CC(C)(C)OC(=O)C1CC[C@@H](C#N)C(n2cc(C(N)=O)c(Nc3ccccc3)n2)C1. The number of rotatable bonds is 5. The highest BCUT2D eigenvalue weighted by Crippen LogP contribution is 2.38. The zero-order chi connectivity index (χ0) is 21.9. The van der Waals surface area contributed by atoms with Gasteiger partial charge < -0.3 is 15.8 Å². The van der Waals surface area contributed by atoms with E-state index in [4.69, 9.17) is 10.5 Å². The number of nitrogens with two attached hydrogens (primary N) is 1. The molecule has 0 bridgehead atoms. The molecule has 1 aliphatic carbocycles. The van der Waals surface area contributed by atoms with Crippen LogP contribution in [0.4, 0.5) is 11.5 Å². The van der Waals surface area contributed by atoms with Gasteiger partial charge in [-0.1, -0.05) is 18.2 Å².